The number of rotatable bonds is 6. The van der Waals surface area contributed by atoms with Gasteiger partial charge >= 0.3 is 0 Å². The molecule has 1 amide bonds. The number of anilines is 1. The number of fused-ring (bicyclic) bond motifs is 1. The molecule has 1 aromatic carbocycles. The molecule has 0 atom stereocenters. The Labute approximate surface area is 118 Å². The first-order valence-electron chi connectivity index (χ1n) is 6.72. The summed E-state index contributed by atoms with van der Waals surface area (Å²) >= 11 is 0. The second kappa shape index (κ2) is 5.92. The highest BCUT2D eigenvalue weighted by Crippen LogP contribution is 2.15. The van der Waals surface area contributed by atoms with E-state index < -0.39 is 0 Å². The molecular formula is C14H21N5O. The molecule has 0 saturated carbocycles. The second-order valence-corrected chi connectivity index (χ2v) is 5.24. The third-order valence-corrected chi connectivity index (χ3v) is 3.28. The van der Waals surface area contributed by atoms with Crippen molar-refractivity contribution in [1.82, 2.24) is 14.9 Å². The zero-order chi connectivity index (χ0) is 14.7. The number of imidazole rings is 1. The third-order valence-electron chi connectivity index (χ3n) is 3.28. The molecule has 1 heterocycles. The molecule has 1 aromatic heterocycles. The Morgan fingerprint density at radius 3 is 2.85 bits per heavy atom. The van der Waals surface area contributed by atoms with Gasteiger partial charge in [0, 0.05) is 24.7 Å². The van der Waals surface area contributed by atoms with Crippen LogP contribution in [0.1, 0.15) is 19.7 Å². The smallest absolute Gasteiger partial charge is 0.231 e. The van der Waals surface area contributed by atoms with Gasteiger partial charge in [-0.1, -0.05) is 0 Å². The van der Waals surface area contributed by atoms with Crippen molar-refractivity contribution in [2.45, 2.75) is 26.3 Å². The van der Waals surface area contributed by atoms with E-state index in [1.807, 2.05) is 36.9 Å². The molecule has 0 radical (unpaired) electrons. The molecule has 0 bridgehead atoms. The van der Waals surface area contributed by atoms with E-state index in [-0.39, 0.29) is 18.5 Å². The van der Waals surface area contributed by atoms with Crippen LogP contribution in [0.15, 0.2) is 18.2 Å². The highest BCUT2D eigenvalue weighted by molar-refractivity contribution is 5.78. The van der Waals surface area contributed by atoms with Crippen molar-refractivity contribution in [3.63, 3.8) is 0 Å². The highest BCUT2D eigenvalue weighted by atomic mass is 16.1. The van der Waals surface area contributed by atoms with Gasteiger partial charge < -0.3 is 16.5 Å². The Kier molecular flexibility index (Phi) is 4.24. The Balaban J connectivity index is 2.05. The number of primary amides is 1. The maximum absolute atomic E-state index is 11.0. The van der Waals surface area contributed by atoms with Crippen LogP contribution in [-0.2, 0) is 11.2 Å². The quantitative estimate of drug-likeness (QED) is 0.681. The van der Waals surface area contributed by atoms with Gasteiger partial charge in [-0.2, -0.15) is 0 Å². The van der Waals surface area contributed by atoms with Gasteiger partial charge in [-0.15, -0.1) is 0 Å². The van der Waals surface area contributed by atoms with Crippen molar-refractivity contribution in [2.75, 3.05) is 18.8 Å². The van der Waals surface area contributed by atoms with Crippen LogP contribution in [0.25, 0.3) is 11.0 Å². The van der Waals surface area contributed by atoms with Gasteiger partial charge in [0.2, 0.25) is 5.91 Å². The first-order chi connectivity index (χ1) is 9.45. The van der Waals surface area contributed by atoms with E-state index in [4.69, 9.17) is 11.5 Å². The van der Waals surface area contributed by atoms with Crippen LogP contribution in [0.2, 0.25) is 0 Å². The number of benzene rings is 1. The van der Waals surface area contributed by atoms with E-state index in [0.29, 0.717) is 5.69 Å². The van der Waals surface area contributed by atoms with Crippen molar-refractivity contribution >= 4 is 22.6 Å². The molecular weight excluding hydrogens is 254 g/mol. The Bertz CT molecular complexity index is 605. The molecule has 0 aliphatic carbocycles. The summed E-state index contributed by atoms with van der Waals surface area (Å²) in [4.78, 5) is 20.8. The van der Waals surface area contributed by atoms with E-state index >= 15 is 0 Å². The minimum atomic E-state index is -0.309. The van der Waals surface area contributed by atoms with E-state index in [2.05, 4.69) is 9.97 Å². The maximum atomic E-state index is 11.0. The van der Waals surface area contributed by atoms with Gasteiger partial charge in [-0.25, -0.2) is 4.98 Å². The van der Waals surface area contributed by atoms with Gasteiger partial charge in [0.05, 0.1) is 17.6 Å². The molecule has 2 aromatic rings. The highest BCUT2D eigenvalue weighted by Gasteiger charge is 2.13. The number of aromatic amines is 1. The first-order valence-corrected chi connectivity index (χ1v) is 6.72. The van der Waals surface area contributed by atoms with Crippen LogP contribution in [-0.4, -0.2) is 39.9 Å². The summed E-state index contributed by atoms with van der Waals surface area (Å²) in [5, 5.41) is 0. The summed E-state index contributed by atoms with van der Waals surface area (Å²) in [5.74, 6) is 0.580. The number of nitrogen functional groups attached to an aromatic ring is 1. The minimum Gasteiger partial charge on any atom is -0.399 e. The lowest BCUT2D eigenvalue weighted by molar-refractivity contribution is -0.119. The van der Waals surface area contributed by atoms with E-state index in [0.717, 1.165) is 29.8 Å². The molecule has 0 unspecified atom stereocenters. The van der Waals surface area contributed by atoms with Crippen molar-refractivity contribution in [1.29, 1.82) is 0 Å². The summed E-state index contributed by atoms with van der Waals surface area (Å²) < 4.78 is 0. The first kappa shape index (κ1) is 14.3. The number of nitrogens with one attached hydrogen (secondary N) is 1. The Morgan fingerprint density at radius 2 is 2.20 bits per heavy atom. The predicted octanol–water partition coefficient (Wildman–Crippen LogP) is 0.883. The van der Waals surface area contributed by atoms with Crippen molar-refractivity contribution in [3.05, 3.63) is 24.0 Å². The fraction of sp³-hybridized carbons (Fsp3) is 0.429. The lowest BCUT2D eigenvalue weighted by atomic mass is 10.2. The van der Waals surface area contributed by atoms with Crippen molar-refractivity contribution in [3.8, 4) is 0 Å². The van der Waals surface area contributed by atoms with E-state index in [1.54, 1.807) is 0 Å². The van der Waals surface area contributed by atoms with Crippen LogP contribution >= 0.6 is 0 Å². The van der Waals surface area contributed by atoms with Crippen LogP contribution in [0.5, 0.6) is 0 Å². The van der Waals surface area contributed by atoms with Crippen LogP contribution in [0.3, 0.4) is 0 Å². The van der Waals surface area contributed by atoms with Gasteiger partial charge in [0.15, 0.2) is 0 Å². The molecule has 0 spiro atoms. The second-order valence-electron chi connectivity index (χ2n) is 5.24. The summed E-state index contributed by atoms with van der Waals surface area (Å²) in [7, 11) is 0. The molecule has 6 heteroatoms. The number of carbonyl (C=O) groups is 1. The van der Waals surface area contributed by atoms with Gasteiger partial charge in [-0.3, -0.25) is 9.69 Å². The SMILES string of the molecule is CC(C)N(CCc1nc2ccc(N)cc2[nH]1)CC(N)=O. The largest absolute Gasteiger partial charge is 0.399 e. The number of amides is 1. The standard InChI is InChI=1S/C14H21N5O/c1-9(2)19(8-13(16)20)6-5-14-17-11-4-3-10(15)7-12(11)18-14/h3-4,7,9H,5-6,8,15H2,1-2H3,(H2,16,20)(H,17,18). The van der Waals surface area contributed by atoms with Gasteiger partial charge in [0.1, 0.15) is 5.82 Å². The summed E-state index contributed by atoms with van der Waals surface area (Å²) in [5.41, 5.74) is 13.6. The number of carbonyl (C=O) groups excluding carboxylic acids is 1. The number of H-pyrrole nitrogens is 1. The molecule has 2 rings (SSSR count). The topological polar surface area (TPSA) is 101 Å². The number of hydrogen-bond donors (Lipinski definition) is 3. The van der Waals surface area contributed by atoms with Crippen molar-refractivity contribution < 1.29 is 4.79 Å². The summed E-state index contributed by atoms with van der Waals surface area (Å²) in [6.07, 6.45) is 0.736. The molecule has 6 nitrogen and oxygen atoms in total. The summed E-state index contributed by atoms with van der Waals surface area (Å²) in [6, 6.07) is 5.87. The molecule has 0 aliphatic rings. The van der Waals surface area contributed by atoms with Gasteiger partial charge in [0.25, 0.3) is 0 Å². The van der Waals surface area contributed by atoms with Crippen LogP contribution in [0.4, 0.5) is 5.69 Å². The zero-order valence-corrected chi connectivity index (χ0v) is 11.9. The predicted molar refractivity (Wildman–Crippen MR) is 80.1 cm³/mol. The van der Waals surface area contributed by atoms with Gasteiger partial charge in [-0.05, 0) is 32.0 Å². The van der Waals surface area contributed by atoms with Crippen LogP contribution in [0, 0.1) is 0 Å². The van der Waals surface area contributed by atoms with Crippen molar-refractivity contribution in [2.24, 2.45) is 5.73 Å². The monoisotopic (exact) mass is 275 g/mol. The lowest BCUT2D eigenvalue weighted by Gasteiger charge is -2.24. The Morgan fingerprint density at radius 1 is 1.45 bits per heavy atom. The summed E-state index contributed by atoms with van der Waals surface area (Å²) in [6.45, 7) is 5.09. The fourth-order valence-electron chi connectivity index (χ4n) is 2.17. The minimum absolute atomic E-state index is 0.266. The molecule has 0 aliphatic heterocycles. The van der Waals surface area contributed by atoms with E-state index in [1.165, 1.54) is 0 Å². The third kappa shape index (κ3) is 3.48. The molecule has 5 N–H and O–H groups in total. The van der Waals surface area contributed by atoms with E-state index in [9.17, 15) is 4.79 Å². The fourth-order valence-corrected chi connectivity index (χ4v) is 2.17. The number of nitrogens with two attached hydrogens (primary N) is 2. The van der Waals surface area contributed by atoms with Crippen LogP contribution < -0.4 is 11.5 Å². The Hall–Kier alpha value is -2.08. The molecule has 108 valence electrons. The lowest BCUT2D eigenvalue weighted by Crippen LogP contribution is -2.39. The zero-order valence-electron chi connectivity index (χ0n) is 11.9. The molecule has 0 saturated heterocycles. The number of aromatic nitrogens is 2. The number of nitrogens with zero attached hydrogens (tertiary/aromatic N) is 2. The maximum Gasteiger partial charge on any atom is 0.231 e. The normalized spacial score (nSPS) is 11.6. The molecule has 20 heavy (non-hydrogen) atoms. The molecule has 0 fully saturated rings. The average molecular weight is 275 g/mol. The number of hydrogen-bond acceptors (Lipinski definition) is 4. The average Bonchev–Trinajstić information content (AvgIpc) is 2.75.